The third kappa shape index (κ3) is 3.63. The lowest BCUT2D eigenvalue weighted by Crippen LogP contribution is -2.53. The van der Waals surface area contributed by atoms with E-state index in [0.717, 1.165) is 43.4 Å². The second-order valence-corrected chi connectivity index (χ2v) is 11.6. The first kappa shape index (κ1) is 21.5. The quantitative estimate of drug-likeness (QED) is 0.502. The van der Waals surface area contributed by atoms with E-state index in [1.807, 2.05) is 0 Å². The van der Waals surface area contributed by atoms with Crippen LogP contribution in [0.1, 0.15) is 97.8 Å². The van der Waals surface area contributed by atoms with Crippen LogP contribution >= 0.6 is 0 Å². The lowest BCUT2D eigenvalue weighted by atomic mass is 9.44. The van der Waals surface area contributed by atoms with Crippen LogP contribution in [0, 0.1) is 46.3 Å². The molecule has 3 heteroatoms. The van der Waals surface area contributed by atoms with Gasteiger partial charge in [0.25, 0.3) is 0 Å². The first-order valence-corrected chi connectivity index (χ1v) is 12.4. The average molecular weight is 405 g/mol. The van der Waals surface area contributed by atoms with Gasteiger partial charge >= 0.3 is 0 Å². The van der Waals surface area contributed by atoms with Gasteiger partial charge in [-0.1, -0.05) is 20.8 Å². The predicted molar refractivity (Wildman–Crippen MR) is 114 cm³/mol. The fourth-order valence-electron chi connectivity index (χ4n) is 8.84. The minimum absolute atomic E-state index is 0.0980. The molecule has 4 rings (SSSR count). The number of carbonyl (C=O) groups is 2. The molecule has 4 fully saturated rings. The van der Waals surface area contributed by atoms with Crippen molar-refractivity contribution in [3.63, 3.8) is 0 Å². The molecule has 0 radical (unpaired) electrons. The molecule has 5 unspecified atom stereocenters. The topological polar surface area (TPSA) is 34.1 Å². The maximum Gasteiger partial charge on any atom is 0.135 e. The maximum atomic E-state index is 12.4. The van der Waals surface area contributed by atoms with E-state index in [1.165, 1.54) is 38.5 Å². The molecule has 0 aromatic carbocycles. The summed E-state index contributed by atoms with van der Waals surface area (Å²) in [6.45, 7) is 6.92. The summed E-state index contributed by atoms with van der Waals surface area (Å²) in [5.41, 5.74) is 0.804. The van der Waals surface area contributed by atoms with E-state index < -0.39 is 6.67 Å². The average Bonchev–Trinajstić information content (AvgIpc) is 3.04. The highest BCUT2D eigenvalue weighted by atomic mass is 19.1. The van der Waals surface area contributed by atoms with Crippen LogP contribution in [0.25, 0.3) is 0 Å². The number of rotatable bonds is 6. The minimum Gasteiger partial charge on any atom is -0.300 e. The Kier molecular flexibility index (Phi) is 5.99. The summed E-state index contributed by atoms with van der Waals surface area (Å²) < 4.78 is 12.4. The molecule has 0 heterocycles. The van der Waals surface area contributed by atoms with Crippen molar-refractivity contribution in [3.8, 4) is 0 Å². The zero-order chi connectivity index (χ0) is 20.8. The second kappa shape index (κ2) is 8.08. The Balaban J connectivity index is 1.46. The molecule has 4 aliphatic rings. The Bertz CT molecular complexity index is 645. The zero-order valence-corrected chi connectivity index (χ0v) is 18.9. The van der Waals surface area contributed by atoms with E-state index in [0.29, 0.717) is 40.8 Å². The number of halogens is 1. The van der Waals surface area contributed by atoms with Gasteiger partial charge in [-0.2, -0.15) is 0 Å². The van der Waals surface area contributed by atoms with Crippen molar-refractivity contribution in [1.29, 1.82) is 0 Å². The van der Waals surface area contributed by atoms with Gasteiger partial charge in [0.05, 0.1) is 6.67 Å². The number of Topliss-reactive ketones (excluding diaryl/α,β-unsaturated/α-hetero) is 2. The monoisotopic (exact) mass is 404 g/mol. The molecule has 29 heavy (non-hydrogen) atoms. The Labute approximate surface area is 176 Å². The van der Waals surface area contributed by atoms with Crippen LogP contribution in [-0.2, 0) is 9.59 Å². The van der Waals surface area contributed by atoms with E-state index in [9.17, 15) is 14.0 Å². The third-order valence-corrected chi connectivity index (χ3v) is 10.5. The van der Waals surface area contributed by atoms with Crippen molar-refractivity contribution >= 4 is 11.6 Å². The molecule has 0 bridgehead atoms. The lowest BCUT2D eigenvalue weighted by molar-refractivity contribution is -0.140. The van der Waals surface area contributed by atoms with E-state index in [2.05, 4.69) is 20.8 Å². The van der Waals surface area contributed by atoms with Gasteiger partial charge in [-0.25, -0.2) is 0 Å². The number of alkyl halides is 1. The highest BCUT2D eigenvalue weighted by molar-refractivity contribution is 5.79. The summed E-state index contributed by atoms with van der Waals surface area (Å²) in [6, 6.07) is 0. The number of hydrogen-bond acceptors (Lipinski definition) is 2. The van der Waals surface area contributed by atoms with Gasteiger partial charge in [-0.05, 0) is 97.7 Å². The number of hydrogen-bond donors (Lipinski definition) is 0. The first-order valence-electron chi connectivity index (χ1n) is 12.4. The molecular formula is C26H41FO2. The molecule has 0 aliphatic heterocycles. The first-order chi connectivity index (χ1) is 13.8. The van der Waals surface area contributed by atoms with Gasteiger partial charge in [0.2, 0.25) is 0 Å². The Hall–Kier alpha value is -0.730. The van der Waals surface area contributed by atoms with E-state index >= 15 is 0 Å². The van der Waals surface area contributed by atoms with Crippen molar-refractivity contribution in [1.82, 2.24) is 0 Å². The number of carbonyl (C=O) groups excluding carboxylic acids is 2. The summed E-state index contributed by atoms with van der Waals surface area (Å²) in [6.07, 6.45) is 12.3. The van der Waals surface area contributed by atoms with Crippen LogP contribution in [0.15, 0.2) is 0 Å². The molecule has 0 N–H and O–H groups in total. The Morgan fingerprint density at radius 3 is 2.55 bits per heavy atom. The van der Waals surface area contributed by atoms with Crippen molar-refractivity contribution < 1.29 is 14.0 Å². The van der Waals surface area contributed by atoms with Crippen LogP contribution in [0.3, 0.4) is 0 Å². The van der Waals surface area contributed by atoms with E-state index in [-0.39, 0.29) is 12.2 Å². The van der Waals surface area contributed by atoms with Gasteiger partial charge in [-0.3, -0.25) is 14.0 Å². The van der Waals surface area contributed by atoms with Gasteiger partial charge < -0.3 is 0 Å². The summed E-state index contributed by atoms with van der Waals surface area (Å²) in [5.74, 6) is 4.98. The summed E-state index contributed by atoms with van der Waals surface area (Å²) >= 11 is 0. The Morgan fingerprint density at radius 1 is 1.03 bits per heavy atom. The van der Waals surface area contributed by atoms with E-state index in [1.54, 1.807) is 0 Å². The van der Waals surface area contributed by atoms with Gasteiger partial charge in [0.15, 0.2) is 0 Å². The van der Waals surface area contributed by atoms with Gasteiger partial charge in [-0.15, -0.1) is 0 Å². The van der Waals surface area contributed by atoms with Gasteiger partial charge in [0, 0.05) is 25.7 Å². The fraction of sp³-hybridized carbons (Fsp3) is 0.923. The molecule has 0 amide bonds. The van der Waals surface area contributed by atoms with Crippen molar-refractivity contribution in [3.05, 3.63) is 0 Å². The summed E-state index contributed by atoms with van der Waals surface area (Å²) in [5, 5.41) is 0. The van der Waals surface area contributed by atoms with Crippen LogP contribution < -0.4 is 0 Å². The molecule has 4 saturated carbocycles. The number of fused-ring (bicyclic) bond motifs is 5. The van der Waals surface area contributed by atoms with Crippen molar-refractivity contribution in [2.75, 3.05) is 6.67 Å². The van der Waals surface area contributed by atoms with Crippen LogP contribution in [-0.4, -0.2) is 18.2 Å². The smallest absolute Gasteiger partial charge is 0.135 e. The molecule has 8 atom stereocenters. The summed E-state index contributed by atoms with van der Waals surface area (Å²) in [4.78, 5) is 23.9. The van der Waals surface area contributed by atoms with Gasteiger partial charge in [0.1, 0.15) is 11.6 Å². The van der Waals surface area contributed by atoms with Crippen LogP contribution in [0.5, 0.6) is 0 Å². The highest BCUT2D eigenvalue weighted by Crippen LogP contribution is 2.68. The largest absolute Gasteiger partial charge is 0.300 e. The third-order valence-electron chi connectivity index (χ3n) is 10.5. The van der Waals surface area contributed by atoms with Crippen LogP contribution in [0.4, 0.5) is 4.39 Å². The molecule has 0 aromatic heterocycles. The molecule has 0 saturated heterocycles. The molecule has 164 valence electrons. The standard InChI is InChI=1S/C26H41FO2/c1-17(4-6-19(28)12-15-27)22-8-9-23-21-7-5-18-16-20(29)10-13-25(18,2)24(21)11-14-26(22,23)3/h17-18,21-24H,4-16H2,1-3H3/t17-,18?,21?,22?,23?,24?,25+,26-/m1/s1. The molecule has 0 spiro atoms. The Morgan fingerprint density at radius 2 is 1.79 bits per heavy atom. The maximum absolute atomic E-state index is 12.4. The molecule has 2 nitrogen and oxygen atoms in total. The normalized spacial score (nSPS) is 45.2. The predicted octanol–water partition coefficient (Wildman–Crippen LogP) is 6.56. The molecule has 0 aromatic rings. The highest BCUT2D eigenvalue weighted by Gasteiger charge is 2.60. The van der Waals surface area contributed by atoms with Crippen LogP contribution in [0.2, 0.25) is 0 Å². The molecule has 4 aliphatic carbocycles. The zero-order valence-electron chi connectivity index (χ0n) is 18.9. The van der Waals surface area contributed by atoms with Crippen molar-refractivity contribution in [2.24, 2.45) is 46.3 Å². The summed E-state index contributed by atoms with van der Waals surface area (Å²) in [7, 11) is 0. The molecular weight excluding hydrogens is 363 g/mol. The van der Waals surface area contributed by atoms with E-state index in [4.69, 9.17) is 0 Å². The minimum atomic E-state index is -0.509. The van der Waals surface area contributed by atoms with Crippen molar-refractivity contribution in [2.45, 2.75) is 97.8 Å². The lowest BCUT2D eigenvalue weighted by Gasteiger charge is -2.60. The second-order valence-electron chi connectivity index (χ2n) is 11.6. The number of ketones is 2. The SMILES string of the molecule is C[C@H](CCC(=O)CCF)C1CCC2C3CCC4CC(=O)CC[C@]4(C)C3CC[C@@]21C. The fourth-order valence-corrected chi connectivity index (χ4v) is 8.84.